The zero-order valence-electron chi connectivity index (χ0n) is 14.2. The highest BCUT2D eigenvalue weighted by Gasteiger charge is 2.20. The van der Waals surface area contributed by atoms with Gasteiger partial charge in [-0.3, -0.25) is 4.79 Å². The van der Waals surface area contributed by atoms with Gasteiger partial charge in [0.05, 0.1) is 24.9 Å². The first-order chi connectivity index (χ1) is 12.0. The fraction of sp³-hybridized carbons (Fsp3) is 0.353. The van der Waals surface area contributed by atoms with Crippen LogP contribution in [0.4, 0.5) is 0 Å². The normalized spacial score (nSPS) is 17.4. The summed E-state index contributed by atoms with van der Waals surface area (Å²) in [5.74, 6) is 0.0517. The zero-order chi connectivity index (χ0) is 18.0. The summed E-state index contributed by atoms with van der Waals surface area (Å²) >= 11 is 7.45. The Morgan fingerprint density at radius 1 is 1.52 bits per heavy atom. The third-order valence-electron chi connectivity index (χ3n) is 3.71. The smallest absolute Gasteiger partial charge is 0.283 e. The highest BCUT2D eigenvalue weighted by atomic mass is 35.5. The molecule has 0 fully saturated rings. The van der Waals surface area contributed by atoms with E-state index < -0.39 is 5.91 Å². The van der Waals surface area contributed by atoms with Crippen LogP contribution in [0.15, 0.2) is 34.5 Å². The van der Waals surface area contributed by atoms with Gasteiger partial charge in [0.25, 0.3) is 5.91 Å². The van der Waals surface area contributed by atoms with Gasteiger partial charge < -0.3 is 14.1 Å². The van der Waals surface area contributed by atoms with Gasteiger partial charge in [-0.1, -0.05) is 16.8 Å². The third-order valence-corrected chi connectivity index (χ3v) is 4.88. The molecule has 25 heavy (non-hydrogen) atoms. The Bertz CT molecular complexity index is 901. The number of hydrogen-bond donors (Lipinski definition) is 0. The molecule has 132 valence electrons. The predicted molar refractivity (Wildman–Crippen MR) is 97.5 cm³/mol. The van der Waals surface area contributed by atoms with Gasteiger partial charge in [-0.25, -0.2) is 0 Å². The molecule has 1 amide bonds. The Morgan fingerprint density at radius 2 is 2.32 bits per heavy atom. The molecule has 1 atom stereocenters. The van der Waals surface area contributed by atoms with Crippen molar-refractivity contribution in [3.8, 4) is 5.75 Å². The lowest BCUT2D eigenvalue weighted by molar-refractivity contribution is 0.0717. The Kier molecular flexibility index (Phi) is 5.24. The molecule has 1 aromatic heterocycles. The van der Waals surface area contributed by atoms with E-state index in [0.29, 0.717) is 27.7 Å². The molecule has 1 aliphatic heterocycles. The van der Waals surface area contributed by atoms with E-state index in [4.69, 9.17) is 21.2 Å². The fourth-order valence-electron chi connectivity index (χ4n) is 2.60. The van der Waals surface area contributed by atoms with Crippen LogP contribution in [0.2, 0.25) is 5.02 Å². The lowest BCUT2D eigenvalue weighted by Crippen LogP contribution is -2.24. The van der Waals surface area contributed by atoms with Gasteiger partial charge in [0.1, 0.15) is 5.75 Å². The first kappa shape index (κ1) is 17.7. The summed E-state index contributed by atoms with van der Waals surface area (Å²) < 4.78 is 7.16. The maximum Gasteiger partial charge on any atom is 0.283 e. The van der Waals surface area contributed by atoms with Gasteiger partial charge >= 0.3 is 0 Å². The minimum atomic E-state index is -0.394. The van der Waals surface area contributed by atoms with Crippen LogP contribution in [-0.4, -0.2) is 29.4 Å². The largest absolute Gasteiger partial charge is 0.496 e. The summed E-state index contributed by atoms with van der Waals surface area (Å²) in [6.45, 7) is 4.50. The molecule has 3 rings (SSSR count). The van der Waals surface area contributed by atoms with Crippen LogP contribution in [0.3, 0.4) is 0 Å². The van der Waals surface area contributed by atoms with Crippen molar-refractivity contribution in [1.82, 2.24) is 4.57 Å². The van der Waals surface area contributed by atoms with Crippen LogP contribution in [0.5, 0.6) is 5.75 Å². The minimum Gasteiger partial charge on any atom is -0.496 e. The van der Waals surface area contributed by atoms with Crippen molar-refractivity contribution in [2.45, 2.75) is 32.9 Å². The number of benzene rings is 1. The summed E-state index contributed by atoms with van der Waals surface area (Å²) in [6.07, 6.45) is 2.70. The third kappa shape index (κ3) is 4.11. The SMILES string of the molecule is COc1ccc(Cl)cc1C(=O)N=c1sc(C)cn1CC1CC(C)=NO1. The Labute approximate surface area is 154 Å². The first-order valence-electron chi connectivity index (χ1n) is 7.75. The average Bonchev–Trinajstić information content (AvgIpc) is 3.13. The van der Waals surface area contributed by atoms with E-state index in [1.54, 1.807) is 18.2 Å². The number of oxime groups is 1. The number of aromatic nitrogens is 1. The second kappa shape index (κ2) is 7.41. The van der Waals surface area contributed by atoms with Crippen molar-refractivity contribution in [3.63, 3.8) is 0 Å². The molecule has 0 N–H and O–H groups in total. The monoisotopic (exact) mass is 379 g/mol. The van der Waals surface area contributed by atoms with E-state index in [0.717, 1.165) is 17.0 Å². The van der Waals surface area contributed by atoms with Gasteiger partial charge in [-0.2, -0.15) is 4.99 Å². The van der Waals surface area contributed by atoms with Crippen LogP contribution < -0.4 is 9.54 Å². The van der Waals surface area contributed by atoms with Crippen LogP contribution in [0.1, 0.15) is 28.6 Å². The molecule has 0 saturated heterocycles. The molecule has 2 heterocycles. The topological polar surface area (TPSA) is 65.2 Å². The van der Waals surface area contributed by atoms with Gasteiger partial charge in [0.15, 0.2) is 10.9 Å². The number of carbonyl (C=O) groups is 1. The molecule has 0 bridgehead atoms. The van der Waals surface area contributed by atoms with Gasteiger partial charge in [0, 0.05) is 22.5 Å². The first-order valence-corrected chi connectivity index (χ1v) is 8.94. The number of hydrogen-bond acceptors (Lipinski definition) is 5. The summed E-state index contributed by atoms with van der Waals surface area (Å²) in [7, 11) is 1.51. The number of carbonyl (C=O) groups excluding carboxylic acids is 1. The molecule has 0 saturated carbocycles. The standard InChI is InChI=1S/C17H18ClN3O3S/c1-10-6-13(24-20-10)9-21-8-11(2)25-17(21)19-16(22)14-7-12(18)4-5-15(14)23-3/h4-5,7-8,13H,6,9H2,1-3H3. The number of aryl methyl sites for hydroxylation is 1. The summed E-state index contributed by atoms with van der Waals surface area (Å²) in [5.41, 5.74) is 1.31. The second-order valence-electron chi connectivity index (χ2n) is 5.80. The van der Waals surface area contributed by atoms with Crippen molar-refractivity contribution in [1.29, 1.82) is 0 Å². The number of ether oxygens (including phenoxy) is 1. The van der Waals surface area contributed by atoms with E-state index in [-0.39, 0.29) is 6.10 Å². The molecule has 0 spiro atoms. The summed E-state index contributed by atoms with van der Waals surface area (Å²) in [6, 6.07) is 4.89. The van der Waals surface area contributed by atoms with Crippen LogP contribution in [0.25, 0.3) is 0 Å². The van der Waals surface area contributed by atoms with Gasteiger partial charge in [0.2, 0.25) is 0 Å². The molecule has 1 unspecified atom stereocenters. The molecule has 0 radical (unpaired) electrons. The summed E-state index contributed by atoms with van der Waals surface area (Å²) in [5, 5.41) is 4.43. The number of nitrogens with zero attached hydrogens (tertiary/aromatic N) is 3. The van der Waals surface area contributed by atoms with E-state index in [1.165, 1.54) is 18.4 Å². The Hall–Kier alpha value is -2.12. The van der Waals surface area contributed by atoms with E-state index >= 15 is 0 Å². The van der Waals surface area contributed by atoms with Gasteiger partial charge in [-0.15, -0.1) is 11.3 Å². The second-order valence-corrected chi connectivity index (χ2v) is 7.45. The molecule has 1 aliphatic rings. The summed E-state index contributed by atoms with van der Waals surface area (Å²) in [4.78, 5) is 24.0. The number of amides is 1. The lowest BCUT2D eigenvalue weighted by atomic mass is 10.2. The molecule has 0 aliphatic carbocycles. The van der Waals surface area contributed by atoms with Crippen molar-refractivity contribution >= 4 is 34.6 Å². The zero-order valence-corrected chi connectivity index (χ0v) is 15.7. The lowest BCUT2D eigenvalue weighted by Gasteiger charge is -2.09. The van der Waals surface area contributed by atoms with Gasteiger partial charge in [-0.05, 0) is 32.0 Å². The predicted octanol–water partition coefficient (Wildman–Crippen LogP) is 3.43. The molecule has 8 heteroatoms. The maximum absolute atomic E-state index is 12.6. The Balaban J connectivity index is 1.91. The number of methoxy groups -OCH3 is 1. The maximum atomic E-state index is 12.6. The van der Waals surface area contributed by atoms with E-state index in [2.05, 4.69) is 10.1 Å². The minimum absolute atomic E-state index is 0.0382. The number of thiazole rings is 1. The fourth-order valence-corrected chi connectivity index (χ4v) is 3.61. The Morgan fingerprint density at radius 3 is 3.00 bits per heavy atom. The molecular formula is C17H18ClN3O3S. The van der Waals surface area contributed by atoms with E-state index in [9.17, 15) is 4.79 Å². The van der Waals surface area contributed by atoms with Crippen molar-refractivity contribution in [3.05, 3.63) is 44.7 Å². The van der Waals surface area contributed by atoms with Crippen molar-refractivity contribution < 1.29 is 14.4 Å². The van der Waals surface area contributed by atoms with E-state index in [1.807, 2.05) is 24.6 Å². The molecule has 1 aromatic carbocycles. The highest BCUT2D eigenvalue weighted by Crippen LogP contribution is 2.23. The van der Waals surface area contributed by atoms with Crippen LogP contribution >= 0.6 is 22.9 Å². The molecular weight excluding hydrogens is 362 g/mol. The highest BCUT2D eigenvalue weighted by molar-refractivity contribution is 7.09. The van der Waals surface area contributed by atoms with Crippen LogP contribution in [0, 0.1) is 6.92 Å². The average molecular weight is 380 g/mol. The number of rotatable bonds is 4. The van der Waals surface area contributed by atoms with Crippen LogP contribution in [-0.2, 0) is 11.4 Å². The van der Waals surface area contributed by atoms with Crippen molar-refractivity contribution in [2.75, 3.05) is 7.11 Å². The number of halogens is 1. The molecule has 2 aromatic rings. The quantitative estimate of drug-likeness (QED) is 0.817. The van der Waals surface area contributed by atoms with Crippen molar-refractivity contribution in [2.24, 2.45) is 10.1 Å². The molecule has 6 nitrogen and oxygen atoms in total.